The van der Waals surface area contributed by atoms with Crippen molar-refractivity contribution in [3.8, 4) is 5.75 Å². The van der Waals surface area contributed by atoms with E-state index < -0.39 is 0 Å². The molecule has 0 unspecified atom stereocenters. The van der Waals surface area contributed by atoms with Crippen molar-refractivity contribution >= 4 is 39.7 Å². The van der Waals surface area contributed by atoms with Crippen molar-refractivity contribution in [1.29, 1.82) is 0 Å². The molecule has 1 amide bonds. The van der Waals surface area contributed by atoms with Crippen LogP contribution in [0, 0.1) is 0 Å². The van der Waals surface area contributed by atoms with Crippen molar-refractivity contribution in [1.82, 2.24) is 25.1 Å². The van der Waals surface area contributed by atoms with E-state index in [1.807, 2.05) is 36.7 Å². The zero-order valence-electron chi connectivity index (χ0n) is 14.2. The number of rotatable bonds is 7. The van der Waals surface area contributed by atoms with Gasteiger partial charge in [-0.15, -0.1) is 16.8 Å². The lowest BCUT2D eigenvalue weighted by atomic mass is 10.2. The third-order valence-corrected chi connectivity index (χ3v) is 4.48. The summed E-state index contributed by atoms with van der Waals surface area (Å²) in [6.45, 7) is 6.57. The Morgan fingerprint density at radius 3 is 3.04 bits per heavy atom. The molecule has 3 aromatic rings. The Morgan fingerprint density at radius 1 is 1.44 bits per heavy atom. The highest BCUT2D eigenvalue weighted by Gasteiger charge is 2.14. The number of ether oxygens (including phenoxy) is 1. The molecule has 0 saturated carbocycles. The fourth-order valence-corrected chi connectivity index (χ4v) is 3.12. The first kappa shape index (κ1) is 17.2. The molecule has 2 aromatic heterocycles. The van der Waals surface area contributed by atoms with Crippen molar-refractivity contribution in [3.05, 3.63) is 30.9 Å². The molecule has 0 fully saturated rings. The summed E-state index contributed by atoms with van der Waals surface area (Å²) >= 11 is 1.25. The molecule has 25 heavy (non-hydrogen) atoms. The fraction of sp³-hybridized carbons (Fsp3) is 0.294. The highest BCUT2D eigenvalue weighted by atomic mass is 32.2. The molecular weight excluding hydrogens is 338 g/mol. The van der Waals surface area contributed by atoms with Gasteiger partial charge in [-0.05, 0) is 25.1 Å². The predicted molar refractivity (Wildman–Crippen MR) is 98.9 cm³/mol. The molecular formula is C17H19N5O2S. The van der Waals surface area contributed by atoms with Crippen LogP contribution < -0.4 is 10.1 Å². The summed E-state index contributed by atoms with van der Waals surface area (Å²) in [5, 5.41) is 12.6. The summed E-state index contributed by atoms with van der Waals surface area (Å²) < 4.78 is 7.53. The Morgan fingerprint density at radius 2 is 2.28 bits per heavy atom. The summed E-state index contributed by atoms with van der Waals surface area (Å²) in [6.07, 6.45) is 1.64. The molecule has 1 N–H and O–H groups in total. The second-order valence-corrected chi connectivity index (χ2v) is 6.26. The van der Waals surface area contributed by atoms with Crippen molar-refractivity contribution in [2.45, 2.75) is 12.1 Å². The molecule has 0 atom stereocenters. The zero-order valence-corrected chi connectivity index (χ0v) is 15.0. The molecule has 130 valence electrons. The number of aryl methyl sites for hydroxylation is 1. The minimum absolute atomic E-state index is 0.0907. The van der Waals surface area contributed by atoms with Crippen molar-refractivity contribution in [2.75, 3.05) is 18.9 Å². The van der Waals surface area contributed by atoms with E-state index in [0.717, 1.165) is 27.8 Å². The number of nitrogens with one attached hydrogen (secondary N) is 1. The van der Waals surface area contributed by atoms with Crippen LogP contribution in [0.5, 0.6) is 5.75 Å². The molecule has 3 rings (SSSR count). The topological polar surface area (TPSA) is 81.9 Å². The maximum Gasteiger partial charge on any atom is 0.230 e. The molecule has 0 aliphatic rings. The van der Waals surface area contributed by atoms with Gasteiger partial charge in [0.25, 0.3) is 0 Å². The van der Waals surface area contributed by atoms with Gasteiger partial charge in [-0.1, -0.05) is 17.8 Å². The molecule has 0 spiro atoms. The van der Waals surface area contributed by atoms with Gasteiger partial charge in [-0.25, -0.2) is 4.98 Å². The highest BCUT2D eigenvalue weighted by Crippen LogP contribution is 2.29. The van der Waals surface area contributed by atoms with Crippen LogP contribution >= 0.6 is 11.8 Å². The van der Waals surface area contributed by atoms with Crippen LogP contribution in [0.15, 0.2) is 36.0 Å². The van der Waals surface area contributed by atoms with Crippen LogP contribution in [0.4, 0.5) is 0 Å². The van der Waals surface area contributed by atoms with Crippen molar-refractivity contribution in [2.24, 2.45) is 7.05 Å². The largest absolute Gasteiger partial charge is 0.494 e. The first-order chi connectivity index (χ1) is 12.1. The van der Waals surface area contributed by atoms with E-state index in [0.29, 0.717) is 18.3 Å². The van der Waals surface area contributed by atoms with Gasteiger partial charge in [0.15, 0.2) is 5.65 Å². The van der Waals surface area contributed by atoms with E-state index in [4.69, 9.17) is 4.74 Å². The van der Waals surface area contributed by atoms with E-state index in [1.165, 1.54) is 11.8 Å². The molecule has 0 radical (unpaired) electrons. The smallest absolute Gasteiger partial charge is 0.230 e. The fourth-order valence-electron chi connectivity index (χ4n) is 2.51. The Hall–Kier alpha value is -2.61. The van der Waals surface area contributed by atoms with Gasteiger partial charge in [0.1, 0.15) is 11.3 Å². The van der Waals surface area contributed by atoms with Crippen molar-refractivity contribution in [3.63, 3.8) is 0 Å². The van der Waals surface area contributed by atoms with Crippen LogP contribution in [-0.4, -0.2) is 44.6 Å². The number of carbonyl (C=O) groups excluding carboxylic acids is 1. The van der Waals surface area contributed by atoms with Crippen LogP contribution in [0.25, 0.3) is 22.1 Å². The molecule has 7 nitrogen and oxygen atoms in total. The third kappa shape index (κ3) is 3.58. The third-order valence-electron chi connectivity index (χ3n) is 3.64. The molecule has 2 heterocycles. The van der Waals surface area contributed by atoms with Gasteiger partial charge in [-0.3, -0.25) is 4.79 Å². The van der Waals surface area contributed by atoms with E-state index in [1.54, 1.807) is 6.08 Å². The SMILES string of the molecule is C=CCNC(=O)CSc1nnc2c3cc(OCC)ccc3n(C)c2n1. The van der Waals surface area contributed by atoms with Crippen LogP contribution in [0.1, 0.15) is 6.92 Å². The molecule has 0 saturated heterocycles. The number of benzene rings is 1. The lowest BCUT2D eigenvalue weighted by molar-refractivity contribution is -0.118. The number of hydrogen-bond acceptors (Lipinski definition) is 6. The maximum atomic E-state index is 11.7. The summed E-state index contributed by atoms with van der Waals surface area (Å²) in [5.74, 6) is 0.938. The lowest BCUT2D eigenvalue weighted by Gasteiger charge is -2.02. The number of carbonyl (C=O) groups is 1. The Balaban J connectivity index is 1.89. The first-order valence-corrected chi connectivity index (χ1v) is 8.88. The standard InChI is InChI=1S/C17H19N5O2S/c1-4-8-18-14(23)10-25-17-19-16-15(20-21-17)12-9-11(24-5-2)6-7-13(12)22(16)3/h4,6-7,9H,1,5,8,10H2,2-3H3,(H,18,23). The normalized spacial score (nSPS) is 11.0. The van der Waals surface area contributed by atoms with Gasteiger partial charge in [0.2, 0.25) is 11.1 Å². The summed E-state index contributed by atoms with van der Waals surface area (Å²) in [7, 11) is 1.94. The van der Waals surface area contributed by atoms with Crippen LogP contribution in [0.3, 0.4) is 0 Å². The number of hydrogen-bond donors (Lipinski definition) is 1. The van der Waals surface area contributed by atoms with Crippen LogP contribution in [-0.2, 0) is 11.8 Å². The quantitative estimate of drug-likeness (QED) is 0.516. The number of amides is 1. The molecule has 0 aliphatic heterocycles. The Labute approximate surface area is 149 Å². The van der Waals surface area contributed by atoms with Gasteiger partial charge < -0.3 is 14.6 Å². The van der Waals surface area contributed by atoms with Crippen LogP contribution in [0.2, 0.25) is 0 Å². The van der Waals surface area contributed by atoms with Gasteiger partial charge in [0, 0.05) is 19.0 Å². The second-order valence-electron chi connectivity index (χ2n) is 5.32. The number of aromatic nitrogens is 4. The van der Waals surface area contributed by atoms with Crippen molar-refractivity contribution < 1.29 is 9.53 Å². The van der Waals surface area contributed by atoms with Gasteiger partial charge in [-0.2, -0.15) is 0 Å². The van der Waals surface area contributed by atoms with E-state index in [9.17, 15) is 4.79 Å². The average molecular weight is 357 g/mol. The lowest BCUT2D eigenvalue weighted by Crippen LogP contribution is -2.25. The van der Waals surface area contributed by atoms with Gasteiger partial charge in [0.05, 0.1) is 17.9 Å². The van der Waals surface area contributed by atoms with E-state index in [-0.39, 0.29) is 11.7 Å². The Bertz CT molecular complexity index is 938. The highest BCUT2D eigenvalue weighted by molar-refractivity contribution is 7.99. The second kappa shape index (κ2) is 7.52. The maximum absolute atomic E-state index is 11.7. The van der Waals surface area contributed by atoms with E-state index in [2.05, 4.69) is 27.1 Å². The predicted octanol–water partition coefficient (Wildman–Crippen LogP) is 2.31. The minimum atomic E-state index is -0.0907. The minimum Gasteiger partial charge on any atom is -0.494 e. The van der Waals surface area contributed by atoms with Gasteiger partial charge >= 0.3 is 0 Å². The number of fused-ring (bicyclic) bond motifs is 3. The first-order valence-electron chi connectivity index (χ1n) is 7.90. The number of nitrogens with zero attached hydrogens (tertiary/aromatic N) is 4. The zero-order chi connectivity index (χ0) is 17.8. The summed E-state index contributed by atoms with van der Waals surface area (Å²) in [4.78, 5) is 16.2. The molecule has 0 bridgehead atoms. The van der Waals surface area contributed by atoms with E-state index >= 15 is 0 Å². The summed E-state index contributed by atoms with van der Waals surface area (Å²) in [5.41, 5.74) is 2.46. The molecule has 8 heteroatoms. The summed E-state index contributed by atoms with van der Waals surface area (Å²) in [6, 6.07) is 5.87. The monoisotopic (exact) mass is 357 g/mol. The average Bonchev–Trinajstić information content (AvgIpc) is 2.90. The molecule has 1 aromatic carbocycles. The number of thioether (sulfide) groups is 1. The Kier molecular flexibility index (Phi) is 5.18. The molecule has 0 aliphatic carbocycles.